The summed E-state index contributed by atoms with van der Waals surface area (Å²) in [6.07, 6.45) is 5.91. The number of nitrogens with one attached hydrogen (secondary N) is 1. The summed E-state index contributed by atoms with van der Waals surface area (Å²) in [5.74, 6) is -1.89. The summed E-state index contributed by atoms with van der Waals surface area (Å²) in [6, 6.07) is 6.77. The number of carboxylic acids is 1. The Balaban J connectivity index is 2.14. The van der Waals surface area contributed by atoms with Gasteiger partial charge in [-0.25, -0.2) is 4.79 Å². The lowest BCUT2D eigenvalue weighted by Crippen LogP contribution is -2.32. The van der Waals surface area contributed by atoms with Gasteiger partial charge in [0.05, 0.1) is 11.3 Å². The van der Waals surface area contributed by atoms with Crippen molar-refractivity contribution in [2.45, 2.75) is 25.7 Å². The van der Waals surface area contributed by atoms with Crippen molar-refractivity contribution in [2.75, 3.05) is 18.4 Å². The van der Waals surface area contributed by atoms with E-state index >= 15 is 0 Å². The molecule has 1 aliphatic rings. The van der Waals surface area contributed by atoms with E-state index in [1.165, 1.54) is 0 Å². The van der Waals surface area contributed by atoms with Gasteiger partial charge in [-0.05, 0) is 25.0 Å². The van der Waals surface area contributed by atoms with Crippen LogP contribution in [0.4, 0.5) is 5.69 Å². The van der Waals surface area contributed by atoms with E-state index in [2.05, 4.69) is 5.32 Å². The molecule has 6 heteroatoms. The Kier molecular flexibility index (Phi) is 5.91. The quantitative estimate of drug-likeness (QED) is 0.834. The molecule has 0 bridgehead atoms. The molecule has 2 amide bonds. The lowest BCUT2D eigenvalue weighted by atomic mass is 10.1. The topological polar surface area (TPSA) is 86.7 Å². The molecule has 1 aliphatic heterocycles. The van der Waals surface area contributed by atoms with Gasteiger partial charge in [-0.3, -0.25) is 9.59 Å². The molecule has 2 rings (SSSR count). The normalized spacial score (nSPS) is 15.2. The van der Waals surface area contributed by atoms with Crippen LogP contribution in [0.25, 0.3) is 0 Å². The predicted molar refractivity (Wildman–Crippen MR) is 86.2 cm³/mol. The maximum atomic E-state index is 12.7. The molecule has 23 heavy (non-hydrogen) atoms. The van der Waals surface area contributed by atoms with Crippen LogP contribution in [0.5, 0.6) is 0 Å². The second-order valence-electron chi connectivity index (χ2n) is 5.41. The van der Waals surface area contributed by atoms with Gasteiger partial charge in [0.2, 0.25) is 5.91 Å². The van der Waals surface area contributed by atoms with E-state index in [0.29, 0.717) is 11.3 Å². The van der Waals surface area contributed by atoms with Gasteiger partial charge < -0.3 is 15.3 Å². The molecule has 0 aliphatic carbocycles. The maximum absolute atomic E-state index is 12.7. The van der Waals surface area contributed by atoms with Crippen LogP contribution in [0.15, 0.2) is 36.4 Å². The van der Waals surface area contributed by atoms with Crippen LogP contribution in [0.1, 0.15) is 36.0 Å². The van der Waals surface area contributed by atoms with Crippen LogP contribution in [-0.4, -0.2) is 40.9 Å². The minimum atomic E-state index is -1.20. The molecule has 0 saturated carbocycles. The Morgan fingerprint density at radius 3 is 2.30 bits per heavy atom. The summed E-state index contributed by atoms with van der Waals surface area (Å²) >= 11 is 0. The molecule has 0 spiro atoms. The van der Waals surface area contributed by atoms with Gasteiger partial charge in [0.1, 0.15) is 0 Å². The number of para-hydroxylation sites is 1. The number of amides is 2. The van der Waals surface area contributed by atoms with E-state index in [1.54, 1.807) is 24.3 Å². The van der Waals surface area contributed by atoms with Crippen LogP contribution in [0.2, 0.25) is 0 Å². The highest BCUT2D eigenvalue weighted by Gasteiger charge is 2.20. The number of hydrogen-bond acceptors (Lipinski definition) is 3. The molecule has 1 heterocycles. The first kappa shape index (κ1) is 16.7. The highest BCUT2D eigenvalue weighted by atomic mass is 16.4. The van der Waals surface area contributed by atoms with E-state index in [0.717, 1.165) is 50.9 Å². The van der Waals surface area contributed by atoms with Crippen molar-refractivity contribution < 1.29 is 19.5 Å². The zero-order valence-corrected chi connectivity index (χ0v) is 12.8. The monoisotopic (exact) mass is 316 g/mol. The molecular formula is C17H20N2O4. The maximum Gasteiger partial charge on any atom is 0.328 e. The second kappa shape index (κ2) is 8.12. The van der Waals surface area contributed by atoms with E-state index in [4.69, 9.17) is 5.11 Å². The Hall–Kier alpha value is -2.63. The number of hydrogen-bond donors (Lipinski definition) is 2. The minimum absolute atomic E-state index is 0.106. The third-order valence-electron chi connectivity index (χ3n) is 3.69. The summed E-state index contributed by atoms with van der Waals surface area (Å²) in [5, 5.41) is 11.1. The first-order chi connectivity index (χ1) is 11.1. The van der Waals surface area contributed by atoms with E-state index in [1.807, 2.05) is 4.90 Å². The van der Waals surface area contributed by atoms with Gasteiger partial charge >= 0.3 is 5.97 Å². The molecular weight excluding hydrogens is 296 g/mol. The lowest BCUT2D eigenvalue weighted by Gasteiger charge is -2.21. The number of nitrogens with zero attached hydrogens (tertiary/aromatic N) is 1. The van der Waals surface area contributed by atoms with Gasteiger partial charge in [0.15, 0.2) is 0 Å². The number of carbonyl (C=O) groups excluding carboxylic acids is 2. The molecule has 0 aromatic heterocycles. The average molecular weight is 316 g/mol. The molecule has 1 aromatic rings. The summed E-state index contributed by atoms with van der Waals surface area (Å²) < 4.78 is 0. The van der Waals surface area contributed by atoms with Crippen LogP contribution in [0.3, 0.4) is 0 Å². The molecule has 1 aromatic carbocycles. The second-order valence-corrected chi connectivity index (χ2v) is 5.41. The number of rotatable bonds is 4. The number of likely N-dealkylation sites (tertiary alicyclic amines) is 1. The van der Waals surface area contributed by atoms with Crippen molar-refractivity contribution in [1.29, 1.82) is 0 Å². The van der Waals surface area contributed by atoms with Crippen molar-refractivity contribution in [3.63, 3.8) is 0 Å². The molecule has 0 radical (unpaired) electrons. The van der Waals surface area contributed by atoms with Crippen LogP contribution >= 0.6 is 0 Å². The molecule has 1 fully saturated rings. The summed E-state index contributed by atoms with van der Waals surface area (Å²) in [7, 11) is 0. The fourth-order valence-corrected chi connectivity index (χ4v) is 2.54. The number of carboxylic acid groups (broad SMARTS) is 1. The van der Waals surface area contributed by atoms with Crippen molar-refractivity contribution in [3.8, 4) is 0 Å². The van der Waals surface area contributed by atoms with Gasteiger partial charge in [-0.2, -0.15) is 0 Å². The number of aliphatic carboxylic acids is 1. The van der Waals surface area contributed by atoms with E-state index in [-0.39, 0.29) is 5.91 Å². The van der Waals surface area contributed by atoms with Crippen molar-refractivity contribution in [1.82, 2.24) is 4.90 Å². The summed E-state index contributed by atoms with van der Waals surface area (Å²) in [5.41, 5.74) is 0.813. The van der Waals surface area contributed by atoms with Crippen molar-refractivity contribution >= 4 is 23.5 Å². The van der Waals surface area contributed by atoms with Crippen LogP contribution in [-0.2, 0) is 9.59 Å². The Bertz CT molecular complexity index is 617. The fourth-order valence-electron chi connectivity index (χ4n) is 2.54. The Morgan fingerprint density at radius 1 is 1.00 bits per heavy atom. The highest BCUT2D eigenvalue weighted by Crippen LogP contribution is 2.20. The van der Waals surface area contributed by atoms with Gasteiger partial charge in [0, 0.05) is 25.2 Å². The molecule has 1 saturated heterocycles. The molecule has 0 unspecified atom stereocenters. The summed E-state index contributed by atoms with van der Waals surface area (Å²) in [4.78, 5) is 36.7. The van der Waals surface area contributed by atoms with Crippen molar-refractivity contribution in [3.05, 3.63) is 42.0 Å². The summed E-state index contributed by atoms with van der Waals surface area (Å²) in [6.45, 7) is 1.44. The number of benzene rings is 1. The fraction of sp³-hybridized carbons (Fsp3) is 0.353. The van der Waals surface area contributed by atoms with E-state index < -0.39 is 11.9 Å². The molecule has 0 atom stereocenters. The molecule has 2 N–H and O–H groups in total. The minimum Gasteiger partial charge on any atom is -0.478 e. The zero-order chi connectivity index (χ0) is 16.7. The first-order valence-corrected chi connectivity index (χ1v) is 7.68. The molecule has 6 nitrogen and oxygen atoms in total. The standard InChI is InChI=1S/C17H20N2O4/c20-15(9-10-16(21)22)18-14-8-4-3-7-13(14)17(23)19-11-5-1-2-6-12-19/h3-4,7-10H,1-2,5-6,11-12H2,(H,18,20)(H,21,22). The van der Waals surface area contributed by atoms with Gasteiger partial charge in [-0.1, -0.05) is 25.0 Å². The number of anilines is 1. The Morgan fingerprint density at radius 2 is 1.65 bits per heavy atom. The van der Waals surface area contributed by atoms with Gasteiger partial charge in [-0.15, -0.1) is 0 Å². The largest absolute Gasteiger partial charge is 0.478 e. The van der Waals surface area contributed by atoms with Crippen molar-refractivity contribution in [2.24, 2.45) is 0 Å². The highest BCUT2D eigenvalue weighted by molar-refractivity contribution is 6.07. The third-order valence-corrected chi connectivity index (χ3v) is 3.69. The smallest absolute Gasteiger partial charge is 0.328 e. The van der Waals surface area contributed by atoms with Crippen LogP contribution in [0, 0.1) is 0 Å². The predicted octanol–water partition coefficient (Wildman–Crippen LogP) is 2.28. The molecule has 122 valence electrons. The average Bonchev–Trinajstić information content (AvgIpc) is 2.82. The number of carbonyl (C=O) groups is 3. The SMILES string of the molecule is O=C(O)C=CC(=O)Nc1ccccc1C(=O)N1CCCCCC1. The first-order valence-electron chi connectivity index (χ1n) is 7.68. The van der Waals surface area contributed by atoms with Crippen LogP contribution < -0.4 is 5.32 Å². The third kappa shape index (κ3) is 4.95. The van der Waals surface area contributed by atoms with Gasteiger partial charge in [0.25, 0.3) is 5.91 Å². The zero-order valence-electron chi connectivity index (χ0n) is 12.8. The van der Waals surface area contributed by atoms with E-state index in [9.17, 15) is 14.4 Å². The lowest BCUT2D eigenvalue weighted by molar-refractivity contribution is -0.131. The Labute approximate surface area is 134 Å².